The molecule has 0 radical (unpaired) electrons. The van der Waals surface area contributed by atoms with Crippen LogP contribution in [0.15, 0.2) is 24.3 Å². The Morgan fingerprint density at radius 1 is 1.22 bits per heavy atom. The Bertz CT molecular complexity index is 350. The molecule has 18 heavy (non-hydrogen) atoms. The number of likely N-dealkylation sites (N-methyl/N-ethyl adjacent to an activating group) is 1. The highest BCUT2D eigenvalue weighted by molar-refractivity contribution is 5.27. The highest BCUT2D eigenvalue weighted by atomic mass is 16.5. The van der Waals surface area contributed by atoms with Crippen LogP contribution in [-0.2, 0) is 11.2 Å². The molecule has 2 rings (SSSR count). The van der Waals surface area contributed by atoms with Crippen LogP contribution in [-0.4, -0.2) is 32.9 Å². The average molecular weight is 249 g/mol. The average Bonchev–Trinajstić information content (AvgIpc) is 2.85. The van der Waals surface area contributed by atoms with E-state index in [9.17, 15) is 0 Å². The quantitative estimate of drug-likeness (QED) is 0.839. The second kappa shape index (κ2) is 6.76. The predicted molar refractivity (Wildman–Crippen MR) is 73.1 cm³/mol. The van der Waals surface area contributed by atoms with Gasteiger partial charge in [0, 0.05) is 13.2 Å². The van der Waals surface area contributed by atoms with Crippen LogP contribution in [0.1, 0.15) is 24.8 Å². The fraction of sp³-hybridized carbons (Fsp3) is 0.600. The summed E-state index contributed by atoms with van der Waals surface area (Å²) in [6.45, 7) is 0.769. The minimum atomic E-state index is 0.319. The molecule has 1 aliphatic carbocycles. The summed E-state index contributed by atoms with van der Waals surface area (Å²) in [6, 6.07) is 8.87. The number of ether oxygens (including phenoxy) is 2. The first kappa shape index (κ1) is 13.4. The molecule has 1 aromatic rings. The summed E-state index contributed by atoms with van der Waals surface area (Å²) in [6.07, 6.45) is 4.89. The van der Waals surface area contributed by atoms with Gasteiger partial charge in [0.2, 0.25) is 0 Å². The fourth-order valence-electron chi connectivity index (χ4n) is 2.53. The van der Waals surface area contributed by atoms with Crippen molar-refractivity contribution >= 4 is 0 Å². The molecule has 1 aromatic carbocycles. The molecule has 1 N–H and O–H groups in total. The molecule has 0 saturated heterocycles. The lowest BCUT2D eigenvalue weighted by molar-refractivity contribution is 0.179. The topological polar surface area (TPSA) is 30.5 Å². The summed E-state index contributed by atoms with van der Waals surface area (Å²) in [4.78, 5) is 0. The molecule has 3 heteroatoms. The Hall–Kier alpha value is -1.06. The van der Waals surface area contributed by atoms with E-state index >= 15 is 0 Å². The summed E-state index contributed by atoms with van der Waals surface area (Å²) < 4.78 is 11.1. The van der Waals surface area contributed by atoms with Gasteiger partial charge in [-0.25, -0.2) is 0 Å². The summed E-state index contributed by atoms with van der Waals surface area (Å²) in [5.74, 6) is 0.975. The van der Waals surface area contributed by atoms with Crippen LogP contribution in [0.5, 0.6) is 5.75 Å². The lowest BCUT2D eigenvalue weighted by Gasteiger charge is -2.20. The number of nitrogens with one attached hydrogen (secondary N) is 1. The van der Waals surface area contributed by atoms with Gasteiger partial charge < -0.3 is 14.8 Å². The van der Waals surface area contributed by atoms with Crippen LogP contribution in [0.3, 0.4) is 0 Å². The second-order valence-corrected chi connectivity index (χ2v) is 4.87. The summed E-state index contributed by atoms with van der Waals surface area (Å²) in [5, 5.41) is 3.33. The van der Waals surface area contributed by atoms with E-state index in [1.807, 2.05) is 7.05 Å². The third-order valence-corrected chi connectivity index (χ3v) is 3.63. The first-order valence-electron chi connectivity index (χ1n) is 6.75. The lowest BCUT2D eigenvalue weighted by Crippen LogP contribution is -2.36. The van der Waals surface area contributed by atoms with E-state index in [0.29, 0.717) is 12.1 Å². The zero-order valence-electron chi connectivity index (χ0n) is 11.3. The monoisotopic (exact) mass is 249 g/mol. The standard InChI is InChI=1S/C15H23NO2/c1-16-14-4-3-5-15(14)18-13-8-6-12(7-9-13)10-11-17-2/h6-9,14-16H,3-5,10-11H2,1-2H3. The van der Waals surface area contributed by atoms with E-state index in [4.69, 9.17) is 9.47 Å². The van der Waals surface area contributed by atoms with Crippen LogP contribution in [0.2, 0.25) is 0 Å². The van der Waals surface area contributed by atoms with Crippen molar-refractivity contribution in [3.8, 4) is 5.75 Å². The van der Waals surface area contributed by atoms with Gasteiger partial charge in [-0.15, -0.1) is 0 Å². The largest absolute Gasteiger partial charge is 0.489 e. The maximum atomic E-state index is 6.04. The lowest BCUT2D eigenvalue weighted by atomic mass is 10.1. The zero-order valence-corrected chi connectivity index (χ0v) is 11.3. The Kier molecular flexibility index (Phi) is 5.02. The number of methoxy groups -OCH3 is 1. The summed E-state index contributed by atoms with van der Waals surface area (Å²) in [7, 11) is 3.75. The van der Waals surface area contributed by atoms with Crippen LogP contribution in [0, 0.1) is 0 Å². The van der Waals surface area contributed by atoms with Crippen molar-refractivity contribution in [3.63, 3.8) is 0 Å². The van der Waals surface area contributed by atoms with Crippen LogP contribution >= 0.6 is 0 Å². The van der Waals surface area contributed by atoms with Gasteiger partial charge >= 0.3 is 0 Å². The van der Waals surface area contributed by atoms with E-state index in [1.54, 1.807) is 7.11 Å². The minimum Gasteiger partial charge on any atom is -0.489 e. The Balaban J connectivity index is 1.89. The van der Waals surface area contributed by atoms with Gasteiger partial charge in [-0.05, 0) is 50.4 Å². The molecule has 0 amide bonds. The van der Waals surface area contributed by atoms with E-state index in [2.05, 4.69) is 29.6 Å². The molecule has 100 valence electrons. The van der Waals surface area contributed by atoms with Gasteiger partial charge in [0.15, 0.2) is 0 Å². The molecular formula is C15H23NO2. The van der Waals surface area contributed by atoms with Crippen molar-refractivity contribution in [2.45, 2.75) is 37.8 Å². The van der Waals surface area contributed by atoms with Crippen LogP contribution < -0.4 is 10.1 Å². The smallest absolute Gasteiger partial charge is 0.119 e. The third-order valence-electron chi connectivity index (χ3n) is 3.63. The van der Waals surface area contributed by atoms with Crippen LogP contribution in [0.25, 0.3) is 0 Å². The number of rotatable bonds is 6. The van der Waals surface area contributed by atoms with Crippen molar-refractivity contribution in [3.05, 3.63) is 29.8 Å². The molecule has 1 fully saturated rings. The van der Waals surface area contributed by atoms with Gasteiger partial charge in [-0.1, -0.05) is 12.1 Å². The molecule has 0 aromatic heterocycles. The number of hydrogen-bond donors (Lipinski definition) is 1. The molecule has 2 unspecified atom stereocenters. The van der Waals surface area contributed by atoms with Crippen molar-refractivity contribution in [1.29, 1.82) is 0 Å². The molecule has 0 aliphatic heterocycles. The molecule has 1 saturated carbocycles. The van der Waals surface area contributed by atoms with Crippen molar-refractivity contribution in [2.75, 3.05) is 20.8 Å². The molecule has 0 bridgehead atoms. The predicted octanol–water partition coefficient (Wildman–Crippen LogP) is 2.39. The Morgan fingerprint density at radius 2 is 2.00 bits per heavy atom. The highest BCUT2D eigenvalue weighted by Gasteiger charge is 2.27. The van der Waals surface area contributed by atoms with Gasteiger partial charge in [0.05, 0.1) is 6.61 Å². The molecule has 0 heterocycles. The minimum absolute atomic E-state index is 0.319. The first-order valence-corrected chi connectivity index (χ1v) is 6.75. The maximum Gasteiger partial charge on any atom is 0.119 e. The third kappa shape index (κ3) is 3.47. The second-order valence-electron chi connectivity index (χ2n) is 4.87. The first-order chi connectivity index (χ1) is 8.83. The molecule has 0 spiro atoms. The molecule has 3 nitrogen and oxygen atoms in total. The van der Waals surface area contributed by atoms with E-state index < -0.39 is 0 Å². The highest BCUT2D eigenvalue weighted by Crippen LogP contribution is 2.24. The Labute approximate surface area is 109 Å². The summed E-state index contributed by atoms with van der Waals surface area (Å²) in [5.41, 5.74) is 1.29. The summed E-state index contributed by atoms with van der Waals surface area (Å²) >= 11 is 0. The van der Waals surface area contributed by atoms with Crippen LogP contribution in [0.4, 0.5) is 0 Å². The van der Waals surface area contributed by atoms with Gasteiger partial charge in [-0.2, -0.15) is 0 Å². The zero-order chi connectivity index (χ0) is 12.8. The maximum absolute atomic E-state index is 6.04. The number of hydrogen-bond acceptors (Lipinski definition) is 3. The van der Waals surface area contributed by atoms with Crippen molar-refractivity contribution in [1.82, 2.24) is 5.32 Å². The van der Waals surface area contributed by atoms with E-state index in [-0.39, 0.29) is 0 Å². The van der Waals surface area contributed by atoms with Gasteiger partial charge in [-0.3, -0.25) is 0 Å². The van der Waals surface area contributed by atoms with E-state index in [0.717, 1.165) is 25.2 Å². The normalized spacial score (nSPS) is 23.2. The van der Waals surface area contributed by atoms with E-state index in [1.165, 1.54) is 18.4 Å². The molecular weight excluding hydrogens is 226 g/mol. The Morgan fingerprint density at radius 3 is 2.67 bits per heavy atom. The van der Waals surface area contributed by atoms with Crippen molar-refractivity contribution in [2.24, 2.45) is 0 Å². The molecule has 2 atom stereocenters. The van der Waals surface area contributed by atoms with Gasteiger partial charge in [0.25, 0.3) is 0 Å². The molecule has 1 aliphatic rings. The van der Waals surface area contributed by atoms with Gasteiger partial charge in [0.1, 0.15) is 11.9 Å². The number of benzene rings is 1. The van der Waals surface area contributed by atoms with Crippen molar-refractivity contribution < 1.29 is 9.47 Å². The fourth-order valence-corrected chi connectivity index (χ4v) is 2.53. The SMILES string of the molecule is CNC1CCCC1Oc1ccc(CCOC)cc1.